The predicted molar refractivity (Wildman–Crippen MR) is 184 cm³/mol. The van der Waals surface area contributed by atoms with Crippen LogP contribution in [0.25, 0.3) is 22.9 Å². The van der Waals surface area contributed by atoms with Gasteiger partial charge < -0.3 is 37.5 Å². The number of pyridine rings is 2. The lowest BCUT2D eigenvalue weighted by Gasteiger charge is -2.21. The number of oxime groups is 2. The van der Waals surface area contributed by atoms with Gasteiger partial charge in [-0.1, -0.05) is 34.6 Å². The largest absolute Gasteiger partial charge is 0.573 e. The van der Waals surface area contributed by atoms with Crippen molar-refractivity contribution in [2.75, 3.05) is 0 Å². The Morgan fingerprint density at radius 2 is 0.948 bits per heavy atom. The Labute approximate surface area is 322 Å². The normalized spacial score (nSPS) is 18.8. The molecule has 2 aliphatic rings. The van der Waals surface area contributed by atoms with Crippen LogP contribution in [0, 0.1) is 0 Å². The van der Waals surface area contributed by atoms with Gasteiger partial charge in [0.2, 0.25) is 36.4 Å². The van der Waals surface area contributed by atoms with Crippen molar-refractivity contribution in [3.8, 4) is 45.9 Å². The van der Waals surface area contributed by atoms with Crippen LogP contribution in [0.15, 0.2) is 117 Å². The summed E-state index contributed by atoms with van der Waals surface area (Å²) in [5.74, 6) is 1.30. The zero-order chi connectivity index (χ0) is 41.0. The molecule has 0 fully saturated rings. The van der Waals surface area contributed by atoms with E-state index in [-0.39, 0.29) is 36.1 Å². The van der Waals surface area contributed by atoms with Gasteiger partial charge in [-0.25, -0.2) is 0 Å². The van der Waals surface area contributed by atoms with Crippen LogP contribution >= 0.6 is 0 Å². The lowest BCUT2D eigenvalue weighted by molar-refractivity contribution is -0.275. The minimum absolute atomic E-state index is 0.261. The van der Waals surface area contributed by atoms with E-state index in [0.29, 0.717) is 45.5 Å². The summed E-state index contributed by atoms with van der Waals surface area (Å²) < 4.78 is 103. The van der Waals surface area contributed by atoms with Crippen molar-refractivity contribution < 1.29 is 63.8 Å². The minimum atomic E-state index is -4.75. The molecule has 58 heavy (non-hydrogen) atoms. The van der Waals surface area contributed by atoms with Gasteiger partial charge >= 0.3 is 12.7 Å². The number of hydrogen-bond acceptors (Lipinski definition) is 16. The SMILES string of the molecule is C[C@@]1(c2ccc(OC(F)(F)F)cc2)CC(Oc2cncc(-c3nnco3)c2)=NO1.C[C@]1(c2ccc(OC(F)(F)F)cc2)CC(Oc2cncc(-c3nnco3)c2)=NO1. The Morgan fingerprint density at radius 3 is 1.29 bits per heavy atom. The van der Waals surface area contributed by atoms with Crippen LogP contribution in [0.3, 0.4) is 0 Å². The van der Waals surface area contributed by atoms with Gasteiger partial charge in [0.05, 0.1) is 36.4 Å². The van der Waals surface area contributed by atoms with Crippen molar-refractivity contribution in [3.63, 3.8) is 0 Å². The summed E-state index contributed by atoms with van der Waals surface area (Å²) in [6.07, 6.45) is -0.504. The van der Waals surface area contributed by atoms with E-state index < -0.39 is 23.9 Å². The molecule has 6 heterocycles. The first kappa shape index (κ1) is 39.0. The Hall–Kier alpha value is -7.26. The number of halogens is 6. The third kappa shape index (κ3) is 9.75. The summed E-state index contributed by atoms with van der Waals surface area (Å²) in [5, 5.41) is 22.7. The highest BCUT2D eigenvalue weighted by molar-refractivity contribution is 5.81. The number of aromatic nitrogens is 6. The number of hydrogen-bond donors (Lipinski definition) is 0. The highest BCUT2D eigenvalue weighted by Gasteiger charge is 2.40. The van der Waals surface area contributed by atoms with E-state index in [1.54, 1.807) is 38.4 Å². The third-order valence-corrected chi connectivity index (χ3v) is 8.18. The molecule has 2 aliphatic heterocycles. The van der Waals surface area contributed by atoms with E-state index in [9.17, 15) is 26.3 Å². The fourth-order valence-corrected chi connectivity index (χ4v) is 5.50. The van der Waals surface area contributed by atoms with Gasteiger partial charge in [0.25, 0.3) is 0 Å². The Kier molecular flexibility index (Phi) is 10.6. The molecule has 0 amide bonds. The molecule has 22 heteroatoms. The summed E-state index contributed by atoms with van der Waals surface area (Å²) >= 11 is 0. The van der Waals surface area contributed by atoms with Crippen LogP contribution in [-0.2, 0) is 20.9 Å². The second kappa shape index (κ2) is 15.7. The monoisotopic (exact) mass is 812 g/mol. The zero-order valence-electron chi connectivity index (χ0n) is 29.8. The lowest BCUT2D eigenvalue weighted by Crippen LogP contribution is -2.23. The molecule has 0 radical (unpaired) electrons. The van der Waals surface area contributed by atoms with Gasteiger partial charge in [-0.3, -0.25) is 9.97 Å². The van der Waals surface area contributed by atoms with E-state index in [2.05, 4.69) is 50.1 Å². The summed E-state index contributed by atoms with van der Waals surface area (Å²) in [7, 11) is 0. The number of rotatable bonds is 8. The smallest absolute Gasteiger partial charge is 0.438 e. The van der Waals surface area contributed by atoms with Crippen LogP contribution in [0.2, 0.25) is 0 Å². The third-order valence-electron chi connectivity index (χ3n) is 8.18. The van der Waals surface area contributed by atoms with Crippen molar-refractivity contribution in [3.05, 3.63) is 109 Å². The van der Waals surface area contributed by atoms with E-state index in [1.165, 1.54) is 73.7 Å². The highest BCUT2D eigenvalue weighted by Crippen LogP contribution is 2.38. The first-order chi connectivity index (χ1) is 27.6. The molecular weight excluding hydrogens is 786 g/mol. The maximum Gasteiger partial charge on any atom is 0.573 e. The molecule has 2 atom stereocenters. The fourth-order valence-electron chi connectivity index (χ4n) is 5.50. The summed E-state index contributed by atoms with van der Waals surface area (Å²) in [6, 6.07) is 14.1. The quantitative estimate of drug-likeness (QED) is 0.134. The van der Waals surface area contributed by atoms with Gasteiger partial charge in [-0.15, -0.1) is 46.7 Å². The molecule has 2 aromatic carbocycles. The van der Waals surface area contributed by atoms with Crippen LogP contribution in [0.1, 0.15) is 37.8 Å². The molecule has 16 nitrogen and oxygen atoms in total. The average Bonchev–Trinajstić information content (AvgIpc) is 4.01. The highest BCUT2D eigenvalue weighted by atomic mass is 19.4. The maximum atomic E-state index is 12.3. The fraction of sp³-hybridized carbons (Fsp3) is 0.222. The maximum absolute atomic E-state index is 12.3. The first-order valence-electron chi connectivity index (χ1n) is 16.6. The molecule has 0 aliphatic carbocycles. The molecule has 0 spiro atoms. The molecule has 4 aromatic heterocycles. The topological polar surface area (TPSA) is 184 Å². The average molecular weight is 813 g/mol. The molecule has 6 aromatic rings. The van der Waals surface area contributed by atoms with Gasteiger partial charge in [-0.05, 0) is 61.4 Å². The molecule has 0 unspecified atom stereocenters. The summed E-state index contributed by atoms with van der Waals surface area (Å²) in [5.41, 5.74) is 0.581. The van der Waals surface area contributed by atoms with Crippen molar-refractivity contribution in [2.45, 2.75) is 50.6 Å². The second-order valence-corrected chi connectivity index (χ2v) is 12.6. The van der Waals surface area contributed by atoms with Crippen LogP contribution in [0.5, 0.6) is 23.0 Å². The minimum Gasteiger partial charge on any atom is -0.438 e. The standard InChI is InChI=1S/2C18H13F3N4O4/c2*1-17(12-2-4-13(5-3-12)28-18(19,20)21)7-15(25-29-17)27-14-6-11(8-22-9-14)16-24-23-10-26-16/h2*2-6,8-10H,7H2,1H3/t2*17-/m10/s1. The molecule has 0 saturated carbocycles. The van der Waals surface area contributed by atoms with E-state index in [0.717, 1.165) is 0 Å². The number of ether oxygens (including phenoxy) is 4. The molecule has 0 saturated heterocycles. The summed E-state index contributed by atoms with van der Waals surface area (Å²) in [4.78, 5) is 19.1. The van der Waals surface area contributed by atoms with E-state index in [1.807, 2.05) is 0 Å². The molecular formula is C36H26F6N8O8. The predicted octanol–water partition coefficient (Wildman–Crippen LogP) is 8.12. The van der Waals surface area contributed by atoms with Crippen molar-refractivity contribution in [1.29, 1.82) is 0 Å². The van der Waals surface area contributed by atoms with Crippen molar-refractivity contribution in [1.82, 2.24) is 30.4 Å². The van der Waals surface area contributed by atoms with Gasteiger partial charge in [0.15, 0.2) is 11.2 Å². The van der Waals surface area contributed by atoms with Crippen molar-refractivity contribution in [2.24, 2.45) is 10.3 Å². The van der Waals surface area contributed by atoms with Gasteiger partial charge in [-0.2, -0.15) is 0 Å². The number of alkyl halides is 6. The second-order valence-electron chi connectivity index (χ2n) is 12.6. The van der Waals surface area contributed by atoms with Gasteiger partial charge in [0.1, 0.15) is 23.0 Å². The molecule has 8 rings (SSSR count). The molecule has 0 N–H and O–H groups in total. The van der Waals surface area contributed by atoms with Crippen LogP contribution in [0.4, 0.5) is 26.3 Å². The zero-order valence-corrected chi connectivity index (χ0v) is 29.8. The lowest BCUT2D eigenvalue weighted by atomic mass is 9.93. The van der Waals surface area contributed by atoms with Crippen LogP contribution in [-0.4, -0.2) is 54.9 Å². The first-order valence-corrected chi connectivity index (χ1v) is 16.6. The number of nitrogens with zero attached hydrogens (tertiary/aromatic N) is 8. The van der Waals surface area contributed by atoms with E-state index in [4.69, 9.17) is 28.0 Å². The van der Waals surface area contributed by atoms with Crippen molar-refractivity contribution >= 4 is 11.8 Å². The Bertz CT molecular complexity index is 2210. The Balaban J connectivity index is 0.000000177. The summed E-state index contributed by atoms with van der Waals surface area (Å²) in [6.45, 7) is 3.50. The number of benzene rings is 2. The van der Waals surface area contributed by atoms with E-state index >= 15 is 0 Å². The van der Waals surface area contributed by atoms with Crippen LogP contribution < -0.4 is 18.9 Å². The Morgan fingerprint density at radius 1 is 0.552 bits per heavy atom. The molecule has 300 valence electrons. The van der Waals surface area contributed by atoms with Gasteiger partial charge in [0, 0.05) is 12.4 Å². The molecule has 0 bridgehead atoms.